The predicted molar refractivity (Wildman–Crippen MR) is 72.8 cm³/mol. The predicted octanol–water partition coefficient (Wildman–Crippen LogP) is 3.38. The molecule has 3 rings (SSSR count). The molecule has 0 bridgehead atoms. The number of rotatable bonds is 2. The van der Waals surface area contributed by atoms with Crippen molar-refractivity contribution >= 4 is 21.9 Å². The standard InChI is InChI=1S/C14H15BrO4/c1-8-11(15)9(6-10-12(8)19-7-18-10)14(13(16)17)4-2-3-5-14/h6H,2-5,7H2,1H3,(H,16,17). The first kappa shape index (κ1) is 12.8. The Balaban J connectivity index is 2.20. The van der Waals surface area contributed by atoms with Crippen molar-refractivity contribution in [2.45, 2.75) is 38.0 Å². The van der Waals surface area contributed by atoms with Crippen molar-refractivity contribution in [3.05, 3.63) is 21.7 Å². The Morgan fingerprint density at radius 2 is 2.05 bits per heavy atom. The van der Waals surface area contributed by atoms with E-state index in [9.17, 15) is 9.90 Å². The average molecular weight is 327 g/mol. The molecule has 1 aliphatic carbocycles. The van der Waals surface area contributed by atoms with E-state index >= 15 is 0 Å². The molecule has 0 radical (unpaired) electrons. The lowest BCUT2D eigenvalue weighted by Crippen LogP contribution is -2.33. The molecular formula is C14H15BrO4. The van der Waals surface area contributed by atoms with Crippen molar-refractivity contribution in [1.29, 1.82) is 0 Å². The van der Waals surface area contributed by atoms with E-state index in [0.717, 1.165) is 28.4 Å². The number of halogens is 1. The molecule has 1 aromatic carbocycles. The first-order chi connectivity index (χ1) is 9.06. The molecule has 4 nitrogen and oxygen atoms in total. The normalized spacial score (nSPS) is 19.7. The van der Waals surface area contributed by atoms with Gasteiger partial charge in [-0.3, -0.25) is 4.79 Å². The van der Waals surface area contributed by atoms with Gasteiger partial charge in [0.15, 0.2) is 11.5 Å². The molecule has 0 aromatic heterocycles. The van der Waals surface area contributed by atoms with Gasteiger partial charge in [-0.05, 0) is 31.4 Å². The molecule has 1 N–H and O–H groups in total. The quantitative estimate of drug-likeness (QED) is 0.905. The highest BCUT2D eigenvalue weighted by molar-refractivity contribution is 9.10. The Labute approximate surface area is 119 Å². The SMILES string of the molecule is Cc1c(Br)c(C2(C(=O)O)CCCC2)cc2c1OCO2. The van der Waals surface area contributed by atoms with Gasteiger partial charge in [0, 0.05) is 10.0 Å². The maximum Gasteiger partial charge on any atom is 0.314 e. The van der Waals surface area contributed by atoms with Gasteiger partial charge in [-0.15, -0.1) is 0 Å². The van der Waals surface area contributed by atoms with Crippen LogP contribution in [0.25, 0.3) is 0 Å². The van der Waals surface area contributed by atoms with Crippen molar-refractivity contribution in [2.75, 3.05) is 6.79 Å². The summed E-state index contributed by atoms with van der Waals surface area (Å²) < 4.78 is 11.7. The summed E-state index contributed by atoms with van der Waals surface area (Å²) in [5.74, 6) is 0.626. The third-order valence-corrected chi connectivity index (χ3v) is 5.23. The van der Waals surface area contributed by atoms with Gasteiger partial charge in [0.25, 0.3) is 0 Å². The Morgan fingerprint density at radius 3 is 2.68 bits per heavy atom. The summed E-state index contributed by atoms with van der Waals surface area (Å²) in [6.45, 7) is 2.12. The van der Waals surface area contributed by atoms with Crippen molar-refractivity contribution in [1.82, 2.24) is 0 Å². The highest BCUT2D eigenvalue weighted by Crippen LogP contribution is 2.50. The minimum Gasteiger partial charge on any atom is -0.481 e. The third kappa shape index (κ3) is 1.75. The van der Waals surface area contributed by atoms with E-state index in [-0.39, 0.29) is 6.79 Å². The van der Waals surface area contributed by atoms with Crippen LogP contribution in [0.15, 0.2) is 10.5 Å². The van der Waals surface area contributed by atoms with Crippen molar-refractivity contribution in [3.8, 4) is 11.5 Å². The monoisotopic (exact) mass is 326 g/mol. The van der Waals surface area contributed by atoms with Crippen molar-refractivity contribution in [2.24, 2.45) is 0 Å². The Hall–Kier alpha value is -1.23. The summed E-state index contributed by atoms with van der Waals surface area (Å²) in [6.07, 6.45) is 3.26. The van der Waals surface area contributed by atoms with Crippen LogP contribution in [-0.2, 0) is 10.2 Å². The zero-order valence-corrected chi connectivity index (χ0v) is 12.2. The smallest absolute Gasteiger partial charge is 0.314 e. The van der Waals surface area contributed by atoms with Gasteiger partial charge in [0.1, 0.15) is 0 Å². The molecule has 1 fully saturated rings. The number of ether oxygens (including phenoxy) is 2. The van der Waals surface area contributed by atoms with Gasteiger partial charge >= 0.3 is 5.97 Å². The van der Waals surface area contributed by atoms with E-state index in [4.69, 9.17) is 9.47 Å². The highest BCUT2D eigenvalue weighted by Gasteiger charge is 2.45. The van der Waals surface area contributed by atoms with Crippen LogP contribution in [0, 0.1) is 6.92 Å². The van der Waals surface area contributed by atoms with Crippen LogP contribution in [-0.4, -0.2) is 17.9 Å². The van der Waals surface area contributed by atoms with E-state index < -0.39 is 11.4 Å². The van der Waals surface area contributed by atoms with Gasteiger partial charge in [-0.2, -0.15) is 0 Å². The van der Waals surface area contributed by atoms with Crippen LogP contribution >= 0.6 is 15.9 Å². The topological polar surface area (TPSA) is 55.8 Å². The number of hydrogen-bond donors (Lipinski definition) is 1. The van der Waals surface area contributed by atoms with Crippen LogP contribution < -0.4 is 9.47 Å². The number of carboxylic acids is 1. The number of hydrogen-bond acceptors (Lipinski definition) is 3. The molecule has 5 heteroatoms. The van der Waals surface area contributed by atoms with E-state index in [1.165, 1.54) is 0 Å². The molecule has 1 heterocycles. The van der Waals surface area contributed by atoms with Gasteiger partial charge in [-0.1, -0.05) is 28.8 Å². The summed E-state index contributed by atoms with van der Waals surface area (Å²) in [7, 11) is 0. The lowest BCUT2D eigenvalue weighted by atomic mass is 9.78. The number of carbonyl (C=O) groups is 1. The first-order valence-corrected chi connectivity index (χ1v) is 7.18. The molecule has 1 aliphatic heterocycles. The fraction of sp³-hybridized carbons (Fsp3) is 0.500. The number of fused-ring (bicyclic) bond motifs is 1. The second kappa shape index (κ2) is 4.40. The Morgan fingerprint density at radius 1 is 1.37 bits per heavy atom. The minimum absolute atomic E-state index is 0.201. The molecule has 2 aliphatic rings. The van der Waals surface area contributed by atoms with Crippen LogP contribution in [0.5, 0.6) is 11.5 Å². The van der Waals surface area contributed by atoms with E-state index in [1.807, 2.05) is 13.0 Å². The Bertz CT molecular complexity index is 547. The second-order valence-corrected chi connectivity index (χ2v) is 5.98. The van der Waals surface area contributed by atoms with E-state index in [2.05, 4.69) is 15.9 Å². The lowest BCUT2D eigenvalue weighted by molar-refractivity contribution is -0.143. The lowest BCUT2D eigenvalue weighted by Gasteiger charge is -2.26. The summed E-state index contributed by atoms with van der Waals surface area (Å²) in [5, 5.41) is 9.69. The molecule has 1 aromatic rings. The maximum absolute atomic E-state index is 11.8. The van der Waals surface area contributed by atoms with Crippen LogP contribution in [0.2, 0.25) is 0 Å². The third-order valence-electron chi connectivity index (χ3n) is 4.21. The van der Waals surface area contributed by atoms with Crippen LogP contribution in [0.3, 0.4) is 0 Å². The minimum atomic E-state index is -0.787. The second-order valence-electron chi connectivity index (χ2n) is 5.19. The molecule has 0 amide bonds. The molecule has 0 spiro atoms. The number of aliphatic carboxylic acids is 1. The molecule has 0 unspecified atom stereocenters. The summed E-state index contributed by atoms with van der Waals surface area (Å²) in [6, 6.07) is 1.83. The van der Waals surface area contributed by atoms with E-state index in [0.29, 0.717) is 24.3 Å². The zero-order chi connectivity index (χ0) is 13.6. The van der Waals surface area contributed by atoms with Gasteiger partial charge < -0.3 is 14.6 Å². The summed E-state index contributed by atoms with van der Waals surface area (Å²) >= 11 is 3.55. The fourth-order valence-electron chi connectivity index (χ4n) is 3.11. The van der Waals surface area contributed by atoms with Gasteiger partial charge in [-0.25, -0.2) is 0 Å². The van der Waals surface area contributed by atoms with Crippen molar-refractivity contribution in [3.63, 3.8) is 0 Å². The summed E-state index contributed by atoms with van der Waals surface area (Å²) in [5.41, 5.74) is 0.946. The van der Waals surface area contributed by atoms with Gasteiger partial charge in [0.2, 0.25) is 6.79 Å². The largest absolute Gasteiger partial charge is 0.481 e. The maximum atomic E-state index is 11.8. The molecule has 19 heavy (non-hydrogen) atoms. The van der Waals surface area contributed by atoms with Crippen LogP contribution in [0.4, 0.5) is 0 Å². The molecule has 0 saturated heterocycles. The average Bonchev–Trinajstić information content (AvgIpc) is 3.02. The molecular weight excluding hydrogens is 312 g/mol. The molecule has 102 valence electrons. The van der Waals surface area contributed by atoms with Crippen molar-refractivity contribution < 1.29 is 19.4 Å². The molecule has 0 atom stereocenters. The van der Waals surface area contributed by atoms with Gasteiger partial charge in [0.05, 0.1) is 5.41 Å². The van der Waals surface area contributed by atoms with Crippen LogP contribution in [0.1, 0.15) is 36.8 Å². The fourth-order valence-corrected chi connectivity index (χ4v) is 3.78. The zero-order valence-electron chi connectivity index (χ0n) is 10.7. The highest BCUT2D eigenvalue weighted by atomic mass is 79.9. The Kier molecular flexibility index (Phi) is 2.96. The molecule has 1 saturated carbocycles. The first-order valence-electron chi connectivity index (χ1n) is 6.39. The van der Waals surface area contributed by atoms with E-state index in [1.54, 1.807) is 0 Å². The summed E-state index contributed by atoms with van der Waals surface area (Å²) in [4.78, 5) is 11.8. The number of benzene rings is 1. The number of carboxylic acid groups (broad SMARTS) is 1.